The molecule has 0 bridgehead atoms. The summed E-state index contributed by atoms with van der Waals surface area (Å²) < 4.78 is 16.7. The molecule has 1 amide bonds. The number of hydrogen-bond donors (Lipinski definition) is 1. The van der Waals surface area contributed by atoms with Gasteiger partial charge in [-0.15, -0.1) is 0 Å². The number of carbonyl (C=O) groups excluding carboxylic acids is 1. The molecule has 33 heavy (non-hydrogen) atoms. The van der Waals surface area contributed by atoms with Gasteiger partial charge in [0.05, 0.1) is 19.7 Å². The van der Waals surface area contributed by atoms with Crippen molar-refractivity contribution in [3.05, 3.63) is 42.0 Å². The Morgan fingerprint density at radius 3 is 2.55 bits per heavy atom. The predicted octanol–water partition coefficient (Wildman–Crippen LogP) is 2.27. The minimum Gasteiger partial charge on any atom is -0.493 e. The third kappa shape index (κ3) is 3.94. The number of amides is 1. The molecule has 1 saturated heterocycles. The second-order valence-electron chi connectivity index (χ2n) is 8.20. The number of aryl methyl sites for hydroxylation is 1. The smallest absolute Gasteiger partial charge is 0.263 e. The second kappa shape index (κ2) is 8.65. The van der Waals surface area contributed by atoms with E-state index in [1.807, 2.05) is 28.0 Å². The van der Waals surface area contributed by atoms with Crippen molar-refractivity contribution in [1.82, 2.24) is 14.9 Å². The molecule has 0 radical (unpaired) electrons. The van der Waals surface area contributed by atoms with E-state index in [2.05, 4.69) is 11.1 Å². The van der Waals surface area contributed by atoms with Gasteiger partial charge in [-0.25, -0.2) is 4.98 Å². The summed E-state index contributed by atoms with van der Waals surface area (Å²) in [5.74, 6) is 2.94. The summed E-state index contributed by atoms with van der Waals surface area (Å²) in [6.07, 6.45) is 1.12. The third-order valence-electron chi connectivity index (χ3n) is 6.29. The van der Waals surface area contributed by atoms with E-state index in [4.69, 9.17) is 24.9 Å². The molecule has 9 nitrogen and oxygen atoms in total. The van der Waals surface area contributed by atoms with E-state index in [1.165, 1.54) is 0 Å². The lowest BCUT2D eigenvalue weighted by atomic mass is 10.0. The molecule has 9 heteroatoms. The quantitative estimate of drug-likeness (QED) is 0.647. The zero-order valence-corrected chi connectivity index (χ0v) is 18.8. The van der Waals surface area contributed by atoms with Crippen molar-refractivity contribution in [1.29, 1.82) is 0 Å². The Balaban J connectivity index is 1.28. The summed E-state index contributed by atoms with van der Waals surface area (Å²) in [4.78, 5) is 26.2. The van der Waals surface area contributed by atoms with E-state index in [0.29, 0.717) is 66.8 Å². The number of hydrogen-bond acceptors (Lipinski definition) is 8. The highest BCUT2D eigenvalue weighted by Crippen LogP contribution is 2.34. The fourth-order valence-electron chi connectivity index (χ4n) is 4.44. The molecule has 2 N–H and O–H groups in total. The van der Waals surface area contributed by atoms with Gasteiger partial charge >= 0.3 is 0 Å². The van der Waals surface area contributed by atoms with Gasteiger partial charge in [-0.2, -0.15) is 4.98 Å². The Labute approximate surface area is 192 Å². The molecule has 0 aliphatic carbocycles. The van der Waals surface area contributed by atoms with Crippen LogP contribution in [0.5, 0.6) is 17.2 Å². The number of piperazine rings is 1. The van der Waals surface area contributed by atoms with Crippen LogP contribution < -0.4 is 24.8 Å². The molecule has 1 atom stereocenters. The summed E-state index contributed by atoms with van der Waals surface area (Å²) in [7, 11) is 3.16. The third-order valence-corrected chi connectivity index (χ3v) is 6.29. The van der Waals surface area contributed by atoms with Crippen molar-refractivity contribution >= 4 is 28.6 Å². The molecule has 172 valence electrons. The molecular formula is C24H27N5O4. The van der Waals surface area contributed by atoms with E-state index in [0.717, 1.165) is 17.7 Å². The van der Waals surface area contributed by atoms with Crippen molar-refractivity contribution < 1.29 is 19.0 Å². The number of fused-ring (bicyclic) bond motifs is 2. The van der Waals surface area contributed by atoms with Crippen molar-refractivity contribution in [3.63, 3.8) is 0 Å². The Morgan fingerprint density at radius 1 is 1.06 bits per heavy atom. The first-order valence-corrected chi connectivity index (χ1v) is 11.0. The number of anilines is 2. The average Bonchev–Trinajstić information content (AvgIpc) is 2.87. The minimum atomic E-state index is -0.429. The van der Waals surface area contributed by atoms with Crippen LogP contribution in [0.2, 0.25) is 0 Å². The number of ether oxygens (including phenoxy) is 3. The monoisotopic (exact) mass is 449 g/mol. The maximum Gasteiger partial charge on any atom is 0.263 e. The van der Waals surface area contributed by atoms with Gasteiger partial charge in [-0.05, 0) is 30.5 Å². The van der Waals surface area contributed by atoms with Gasteiger partial charge in [-0.1, -0.05) is 18.2 Å². The molecule has 3 heterocycles. The van der Waals surface area contributed by atoms with Crippen molar-refractivity contribution in [2.45, 2.75) is 18.9 Å². The molecule has 2 aromatic carbocycles. The Morgan fingerprint density at radius 2 is 1.79 bits per heavy atom. The van der Waals surface area contributed by atoms with Crippen LogP contribution in [0.15, 0.2) is 36.4 Å². The first kappa shape index (κ1) is 21.1. The zero-order chi connectivity index (χ0) is 22.9. The summed E-state index contributed by atoms with van der Waals surface area (Å²) in [6, 6.07) is 11.5. The number of aromatic nitrogens is 2. The van der Waals surface area contributed by atoms with Crippen LogP contribution in [0.4, 0.5) is 11.8 Å². The summed E-state index contributed by atoms with van der Waals surface area (Å²) in [5, 5.41) is 0.708. The lowest BCUT2D eigenvalue weighted by molar-refractivity contribution is -0.139. The summed E-state index contributed by atoms with van der Waals surface area (Å²) in [6.45, 7) is 2.39. The maximum atomic E-state index is 13.1. The van der Waals surface area contributed by atoms with Crippen LogP contribution in [0.25, 0.3) is 10.9 Å². The number of nitrogens with zero attached hydrogens (tertiary/aromatic N) is 4. The summed E-state index contributed by atoms with van der Waals surface area (Å²) >= 11 is 0. The zero-order valence-electron chi connectivity index (χ0n) is 18.8. The average molecular weight is 450 g/mol. The molecule has 0 saturated carbocycles. The van der Waals surface area contributed by atoms with E-state index >= 15 is 0 Å². The molecule has 1 aromatic heterocycles. The highest BCUT2D eigenvalue weighted by molar-refractivity contribution is 5.91. The van der Waals surface area contributed by atoms with Gasteiger partial charge < -0.3 is 29.7 Å². The molecule has 2 aliphatic rings. The predicted molar refractivity (Wildman–Crippen MR) is 125 cm³/mol. The summed E-state index contributed by atoms with van der Waals surface area (Å²) in [5.41, 5.74) is 8.08. The van der Waals surface area contributed by atoms with Gasteiger partial charge in [-0.3, -0.25) is 4.79 Å². The van der Waals surface area contributed by atoms with E-state index in [9.17, 15) is 4.79 Å². The molecule has 1 unspecified atom stereocenters. The highest BCUT2D eigenvalue weighted by Gasteiger charge is 2.32. The first-order valence-electron chi connectivity index (χ1n) is 11.0. The van der Waals surface area contributed by atoms with Crippen LogP contribution in [0.1, 0.15) is 12.0 Å². The Kier molecular flexibility index (Phi) is 5.53. The standard InChI is InChI=1S/C24H27N5O4/c1-31-20-13-16-17(14-21(20)32-2)26-24(27-22(16)25)29-11-9-28(10-12-29)23(30)19-8-7-15-5-3-4-6-18(15)33-19/h3-6,13-14,19H,7-12H2,1-2H3,(H2,25,26,27). The number of rotatable bonds is 4. The first-order chi connectivity index (χ1) is 16.1. The minimum absolute atomic E-state index is 0.0416. The van der Waals surface area contributed by atoms with Crippen LogP contribution in [0.3, 0.4) is 0 Å². The Bertz CT molecular complexity index is 1190. The van der Waals surface area contributed by atoms with Crippen molar-refractivity contribution in [3.8, 4) is 17.2 Å². The van der Waals surface area contributed by atoms with Gasteiger partial charge in [0.25, 0.3) is 5.91 Å². The molecule has 0 spiro atoms. The van der Waals surface area contributed by atoms with Crippen LogP contribution in [-0.4, -0.2) is 67.3 Å². The molecular weight excluding hydrogens is 422 g/mol. The van der Waals surface area contributed by atoms with Crippen LogP contribution in [0, 0.1) is 0 Å². The lowest BCUT2D eigenvalue weighted by Crippen LogP contribution is -2.53. The van der Waals surface area contributed by atoms with Crippen molar-refractivity contribution in [2.24, 2.45) is 0 Å². The van der Waals surface area contributed by atoms with Crippen LogP contribution in [-0.2, 0) is 11.2 Å². The van der Waals surface area contributed by atoms with E-state index in [1.54, 1.807) is 26.4 Å². The SMILES string of the molecule is COc1cc2nc(N3CCN(C(=O)C4CCc5ccccc5O4)CC3)nc(N)c2cc1OC. The van der Waals surface area contributed by atoms with E-state index < -0.39 is 6.10 Å². The van der Waals surface area contributed by atoms with Crippen molar-refractivity contribution in [2.75, 3.05) is 51.0 Å². The number of para-hydroxylation sites is 1. The second-order valence-corrected chi connectivity index (χ2v) is 8.20. The highest BCUT2D eigenvalue weighted by atomic mass is 16.5. The molecule has 3 aromatic rings. The maximum absolute atomic E-state index is 13.1. The van der Waals surface area contributed by atoms with Gasteiger partial charge in [0.2, 0.25) is 5.95 Å². The van der Waals surface area contributed by atoms with Gasteiger partial charge in [0, 0.05) is 37.6 Å². The number of nitrogens with two attached hydrogens (primary N) is 1. The fraction of sp³-hybridized carbons (Fsp3) is 0.375. The van der Waals surface area contributed by atoms with Gasteiger partial charge in [0.1, 0.15) is 11.6 Å². The molecule has 1 fully saturated rings. The normalized spacial score (nSPS) is 17.9. The topological polar surface area (TPSA) is 103 Å². The van der Waals surface area contributed by atoms with Crippen LogP contribution >= 0.6 is 0 Å². The number of nitrogen functional groups attached to an aromatic ring is 1. The lowest BCUT2D eigenvalue weighted by Gasteiger charge is -2.37. The van der Waals surface area contributed by atoms with Gasteiger partial charge in [0.15, 0.2) is 17.6 Å². The molecule has 5 rings (SSSR count). The fourth-order valence-corrected chi connectivity index (χ4v) is 4.44. The number of methoxy groups -OCH3 is 2. The number of benzene rings is 2. The number of carbonyl (C=O) groups is 1. The van der Waals surface area contributed by atoms with E-state index in [-0.39, 0.29) is 5.91 Å². The largest absolute Gasteiger partial charge is 0.493 e. The Hall–Kier alpha value is -3.75. The molecule has 2 aliphatic heterocycles.